The van der Waals surface area contributed by atoms with Crippen LogP contribution in [0.25, 0.3) is 0 Å². The maximum Gasteiger partial charge on any atom is 0.472 e. The van der Waals surface area contributed by atoms with Gasteiger partial charge < -0.3 is 20.1 Å². The van der Waals surface area contributed by atoms with Crippen molar-refractivity contribution in [3.05, 3.63) is 109 Å². The van der Waals surface area contributed by atoms with Crippen LogP contribution in [0.2, 0.25) is 0 Å². The summed E-state index contributed by atoms with van der Waals surface area (Å²) in [5.41, 5.74) is 5.39. The highest BCUT2D eigenvalue weighted by Crippen LogP contribution is 2.43. The van der Waals surface area contributed by atoms with Gasteiger partial charge in [0.15, 0.2) is 0 Å². The molecule has 64 heavy (non-hydrogen) atoms. The van der Waals surface area contributed by atoms with Crippen LogP contribution in [0.1, 0.15) is 194 Å². The highest BCUT2D eigenvalue weighted by atomic mass is 31.2. The van der Waals surface area contributed by atoms with Crippen LogP contribution in [-0.4, -0.2) is 49.9 Å². The Labute approximate surface area is 393 Å². The zero-order valence-corrected chi connectivity index (χ0v) is 41.6. The molecule has 0 saturated carbocycles. The standard InChI is InChI=1S/C55H94NO7P/c1-3-5-7-9-11-13-15-17-19-21-23-25-26-27-29-31-33-35-37-39-41-43-45-47-50-60-52-54(53-62-64(58,59)61-51-49-56)63-55(57)48-46-44-42-40-38-36-34-32-30-28-24-22-20-18-16-14-12-10-8-6-4-2/h5-8,11-14,17-20,23-25,28,32,34,54H,3-4,9-10,15-16,21-22,26-27,29-31,33,35-53,56H2,1-2H3,(H,58,59)/b7-5-,8-6-,13-11-,14-12-,19-17-,20-18-,25-23-,28-24-,34-32-. The fourth-order valence-corrected chi connectivity index (χ4v) is 7.31. The van der Waals surface area contributed by atoms with Crippen LogP contribution in [-0.2, 0) is 27.9 Å². The predicted molar refractivity (Wildman–Crippen MR) is 274 cm³/mol. The number of phosphoric ester groups is 1. The molecular weight excluding hydrogens is 818 g/mol. The molecule has 0 aliphatic carbocycles. The summed E-state index contributed by atoms with van der Waals surface area (Å²) < 4.78 is 33.6. The van der Waals surface area contributed by atoms with Crippen LogP contribution >= 0.6 is 7.82 Å². The van der Waals surface area contributed by atoms with Gasteiger partial charge in [-0.25, -0.2) is 4.57 Å². The summed E-state index contributed by atoms with van der Waals surface area (Å²) in [5, 5.41) is 0. The van der Waals surface area contributed by atoms with Crippen LogP contribution < -0.4 is 5.73 Å². The first kappa shape index (κ1) is 61.2. The molecule has 0 radical (unpaired) electrons. The average molecular weight is 912 g/mol. The Morgan fingerprint density at radius 1 is 0.469 bits per heavy atom. The van der Waals surface area contributed by atoms with Crippen molar-refractivity contribution in [1.82, 2.24) is 0 Å². The summed E-state index contributed by atoms with van der Waals surface area (Å²) in [6.45, 7) is 4.65. The fraction of sp³-hybridized carbons (Fsp3) is 0.655. The van der Waals surface area contributed by atoms with Gasteiger partial charge in [0.1, 0.15) is 6.10 Å². The quantitative estimate of drug-likeness (QED) is 0.0268. The van der Waals surface area contributed by atoms with Gasteiger partial charge in [0.05, 0.1) is 19.8 Å². The molecule has 0 aliphatic rings. The van der Waals surface area contributed by atoms with Crippen LogP contribution in [0.4, 0.5) is 0 Å². The van der Waals surface area contributed by atoms with Crippen molar-refractivity contribution < 1.29 is 32.8 Å². The third kappa shape index (κ3) is 50.2. The second-order valence-electron chi connectivity index (χ2n) is 16.3. The molecule has 0 saturated heterocycles. The van der Waals surface area contributed by atoms with Gasteiger partial charge in [-0.1, -0.05) is 200 Å². The molecule has 8 nitrogen and oxygen atoms in total. The van der Waals surface area contributed by atoms with Crippen molar-refractivity contribution in [2.75, 3.05) is 33.0 Å². The summed E-state index contributed by atoms with van der Waals surface area (Å²) in [5.74, 6) is -0.353. The number of esters is 1. The highest BCUT2D eigenvalue weighted by Gasteiger charge is 2.25. The summed E-state index contributed by atoms with van der Waals surface area (Å²) in [4.78, 5) is 22.6. The third-order valence-corrected chi connectivity index (χ3v) is 11.2. The van der Waals surface area contributed by atoms with E-state index < -0.39 is 13.9 Å². The first-order valence-corrected chi connectivity index (χ1v) is 26.9. The van der Waals surface area contributed by atoms with Gasteiger partial charge in [0, 0.05) is 19.6 Å². The summed E-state index contributed by atoms with van der Waals surface area (Å²) >= 11 is 0. The molecule has 0 heterocycles. The lowest BCUT2D eigenvalue weighted by atomic mass is 10.1. The highest BCUT2D eigenvalue weighted by molar-refractivity contribution is 7.47. The fourth-order valence-electron chi connectivity index (χ4n) is 6.54. The molecule has 0 aromatic carbocycles. The predicted octanol–water partition coefficient (Wildman–Crippen LogP) is 16.0. The van der Waals surface area contributed by atoms with Gasteiger partial charge in [0.25, 0.3) is 0 Å². The van der Waals surface area contributed by atoms with E-state index in [4.69, 9.17) is 24.3 Å². The Morgan fingerprint density at radius 3 is 1.23 bits per heavy atom. The summed E-state index contributed by atoms with van der Waals surface area (Å²) in [6.07, 6.45) is 69.7. The van der Waals surface area contributed by atoms with E-state index in [1.807, 2.05) is 0 Å². The zero-order chi connectivity index (χ0) is 46.5. The summed E-state index contributed by atoms with van der Waals surface area (Å²) in [7, 11) is -4.30. The van der Waals surface area contributed by atoms with Gasteiger partial charge in [-0.15, -0.1) is 0 Å². The number of nitrogens with two attached hydrogens (primary N) is 1. The molecule has 366 valence electrons. The van der Waals surface area contributed by atoms with Gasteiger partial charge in [-0.2, -0.15) is 0 Å². The number of carbonyl (C=O) groups is 1. The maximum absolute atomic E-state index is 12.7. The molecule has 2 atom stereocenters. The number of hydrogen-bond donors (Lipinski definition) is 2. The number of ether oxygens (including phenoxy) is 2. The lowest BCUT2D eigenvalue weighted by Crippen LogP contribution is -2.28. The van der Waals surface area contributed by atoms with Crippen LogP contribution in [0.15, 0.2) is 109 Å². The second-order valence-corrected chi connectivity index (χ2v) is 17.7. The number of hydrogen-bond acceptors (Lipinski definition) is 7. The van der Waals surface area contributed by atoms with Gasteiger partial charge in [-0.3, -0.25) is 13.8 Å². The van der Waals surface area contributed by atoms with Crippen molar-refractivity contribution >= 4 is 13.8 Å². The molecular formula is C55H94NO7P. The lowest BCUT2D eigenvalue weighted by Gasteiger charge is -2.20. The third-order valence-electron chi connectivity index (χ3n) is 10.2. The minimum Gasteiger partial charge on any atom is -0.457 e. The molecule has 0 fully saturated rings. The molecule has 0 bridgehead atoms. The van der Waals surface area contributed by atoms with Crippen molar-refractivity contribution in [1.29, 1.82) is 0 Å². The van der Waals surface area contributed by atoms with E-state index in [1.54, 1.807) is 0 Å². The maximum atomic E-state index is 12.7. The Kier molecular flexibility index (Phi) is 48.9. The zero-order valence-electron chi connectivity index (χ0n) is 40.7. The smallest absolute Gasteiger partial charge is 0.457 e. The molecule has 0 aliphatic heterocycles. The second kappa shape index (κ2) is 51.1. The van der Waals surface area contributed by atoms with Gasteiger partial charge in [-0.05, 0) is 96.3 Å². The summed E-state index contributed by atoms with van der Waals surface area (Å²) in [6, 6.07) is 0. The number of carbonyl (C=O) groups excluding carboxylic acids is 1. The molecule has 2 unspecified atom stereocenters. The lowest BCUT2D eigenvalue weighted by molar-refractivity contribution is -0.154. The molecule has 0 aromatic rings. The number of unbranched alkanes of at least 4 members (excludes halogenated alkanes) is 16. The van der Waals surface area contributed by atoms with E-state index in [0.29, 0.717) is 13.0 Å². The van der Waals surface area contributed by atoms with Crippen molar-refractivity contribution in [2.45, 2.75) is 200 Å². The Hall–Kier alpha value is -2.84. The van der Waals surface area contributed by atoms with Crippen LogP contribution in [0.3, 0.4) is 0 Å². The van der Waals surface area contributed by atoms with Gasteiger partial charge in [0.2, 0.25) is 0 Å². The van der Waals surface area contributed by atoms with E-state index in [1.165, 1.54) is 64.2 Å². The minimum absolute atomic E-state index is 0.0903. The Bertz CT molecular complexity index is 1350. The number of rotatable bonds is 47. The Balaban J connectivity index is 4.02. The number of allylic oxidation sites excluding steroid dienone is 18. The number of phosphoric acid groups is 1. The first-order valence-electron chi connectivity index (χ1n) is 25.4. The average Bonchev–Trinajstić information content (AvgIpc) is 3.29. The van der Waals surface area contributed by atoms with E-state index in [9.17, 15) is 14.3 Å². The van der Waals surface area contributed by atoms with E-state index >= 15 is 0 Å². The largest absolute Gasteiger partial charge is 0.472 e. The molecule has 3 N–H and O–H groups in total. The Morgan fingerprint density at radius 2 is 0.828 bits per heavy atom. The monoisotopic (exact) mass is 912 g/mol. The van der Waals surface area contributed by atoms with Crippen LogP contribution in [0.5, 0.6) is 0 Å². The molecule has 0 aromatic heterocycles. The van der Waals surface area contributed by atoms with Crippen LogP contribution in [0, 0.1) is 0 Å². The van der Waals surface area contributed by atoms with Crippen molar-refractivity contribution in [2.24, 2.45) is 5.73 Å². The van der Waals surface area contributed by atoms with Gasteiger partial charge >= 0.3 is 13.8 Å². The first-order chi connectivity index (χ1) is 31.4. The minimum atomic E-state index is -4.30. The SMILES string of the molecule is CC/C=C\C/C=C\C/C=C\C/C=C\C/C=C\CCCCCCCC(=O)OC(COCCCCCCCCCCCCC/C=C\C/C=C\C/C=C\C/C=C\CC)COP(=O)(O)OCCN. The molecule has 0 spiro atoms. The van der Waals surface area contributed by atoms with E-state index in [-0.39, 0.29) is 32.3 Å². The van der Waals surface area contributed by atoms with Crippen molar-refractivity contribution in [3.8, 4) is 0 Å². The normalized spacial score (nSPS) is 14.2. The van der Waals surface area contributed by atoms with Crippen molar-refractivity contribution in [3.63, 3.8) is 0 Å². The van der Waals surface area contributed by atoms with E-state index in [0.717, 1.165) is 109 Å². The topological polar surface area (TPSA) is 117 Å². The van der Waals surface area contributed by atoms with E-state index in [2.05, 4.69) is 123 Å². The molecule has 9 heteroatoms. The molecule has 0 amide bonds. The molecule has 0 rings (SSSR count).